The fraction of sp³-hybridized carbons (Fsp3) is 0.483. The number of piperidine rings is 1. The Labute approximate surface area is 219 Å². The number of aromatic hydroxyl groups is 1. The number of alkyl halides is 3. The molecular formula is C29H31F3N2O4. The van der Waals surface area contributed by atoms with Gasteiger partial charge in [0.2, 0.25) is 5.91 Å². The number of benzene rings is 2. The van der Waals surface area contributed by atoms with Crippen molar-refractivity contribution >= 4 is 12.0 Å². The summed E-state index contributed by atoms with van der Waals surface area (Å²) in [7, 11) is 3.70. The molecule has 38 heavy (non-hydrogen) atoms. The van der Waals surface area contributed by atoms with E-state index in [1.54, 1.807) is 18.0 Å². The molecule has 6 atom stereocenters. The molecule has 0 unspecified atom stereocenters. The maximum Gasteiger partial charge on any atom is 0.416 e. The van der Waals surface area contributed by atoms with Crippen molar-refractivity contribution in [3.05, 3.63) is 64.7 Å². The van der Waals surface area contributed by atoms with Gasteiger partial charge in [0, 0.05) is 24.7 Å². The van der Waals surface area contributed by atoms with Gasteiger partial charge in [-0.15, -0.1) is 0 Å². The van der Waals surface area contributed by atoms with Crippen molar-refractivity contribution in [1.29, 1.82) is 0 Å². The SMILES string of the molecule is C[C@@H]1C[C@@]2(O)[C@H]3Cc4ccc(O)c5c4[C@@]2(CCN3C)[C@@H](O5)[C@H]1N(C)C(=O)C=Cc1cccc(C(F)(F)F)c1. The minimum Gasteiger partial charge on any atom is -0.504 e. The van der Waals surface area contributed by atoms with E-state index in [1.807, 2.05) is 20.0 Å². The number of phenols is 1. The zero-order chi connectivity index (χ0) is 27.2. The Morgan fingerprint density at radius 2 is 2.03 bits per heavy atom. The Morgan fingerprint density at radius 1 is 1.26 bits per heavy atom. The molecule has 2 fully saturated rings. The van der Waals surface area contributed by atoms with Crippen LogP contribution in [0.25, 0.3) is 6.08 Å². The van der Waals surface area contributed by atoms with Gasteiger partial charge in [-0.1, -0.05) is 25.1 Å². The van der Waals surface area contributed by atoms with Crippen LogP contribution in [0.4, 0.5) is 13.2 Å². The molecule has 1 amide bonds. The van der Waals surface area contributed by atoms with Crippen LogP contribution in [-0.4, -0.2) is 70.3 Å². The monoisotopic (exact) mass is 528 g/mol. The highest BCUT2D eigenvalue weighted by molar-refractivity contribution is 5.92. The summed E-state index contributed by atoms with van der Waals surface area (Å²) in [6.07, 6.45) is -0.652. The van der Waals surface area contributed by atoms with E-state index in [9.17, 15) is 28.2 Å². The molecule has 6 nitrogen and oxygen atoms in total. The van der Waals surface area contributed by atoms with E-state index in [-0.39, 0.29) is 29.2 Å². The molecule has 2 bridgehead atoms. The lowest BCUT2D eigenvalue weighted by Crippen LogP contribution is -2.79. The van der Waals surface area contributed by atoms with Crippen molar-refractivity contribution in [3.8, 4) is 11.5 Å². The van der Waals surface area contributed by atoms with Crippen molar-refractivity contribution in [3.63, 3.8) is 0 Å². The summed E-state index contributed by atoms with van der Waals surface area (Å²) < 4.78 is 45.9. The maximum absolute atomic E-state index is 13.4. The van der Waals surface area contributed by atoms with Crippen molar-refractivity contribution in [2.24, 2.45) is 5.92 Å². The van der Waals surface area contributed by atoms with E-state index >= 15 is 0 Å². The van der Waals surface area contributed by atoms with Crippen LogP contribution in [-0.2, 0) is 22.8 Å². The van der Waals surface area contributed by atoms with E-state index in [4.69, 9.17) is 4.74 Å². The lowest BCUT2D eigenvalue weighted by Gasteiger charge is -2.65. The summed E-state index contributed by atoms with van der Waals surface area (Å²) >= 11 is 0. The molecule has 9 heteroatoms. The van der Waals surface area contributed by atoms with Gasteiger partial charge in [0.1, 0.15) is 6.10 Å². The normalized spacial score (nSPS) is 33.7. The molecule has 2 N–H and O–H groups in total. The molecule has 4 aliphatic rings. The Kier molecular flexibility index (Phi) is 5.47. The standard InChI is InChI=1S/C29H31F3N2O4/c1-16-15-28(37)21-14-18-8-9-20(35)25-23(18)27(28,11-12-33(21)2)26(38-25)24(16)34(3)22(36)10-7-17-5-4-6-19(13-17)29(30,31)32/h4-10,13,16,21,24,26,35,37H,11-12,14-15H2,1-3H3/t16-,21-,24+,26+,27+,28-/m1/s1. The number of rotatable bonds is 3. The predicted octanol–water partition coefficient (Wildman–Crippen LogP) is 3.98. The molecule has 2 aliphatic heterocycles. The first-order chi connectivity index (χ1) is 17.9. The Morgan fingerprint density at radius 3 is 2.76 bits per heavy atom. The smallest absolute Gasteiger partial charge is 0.416 e. The minimum atomic E-state index is -4.47. The van der Waals surface area contributed by atoms with Crippen LogP contribution in [0.15, 0.2) is 42.5 Å². The summed E-state index contributed by atoms with van der Waals surface area (Å²) in [6, 6.07) is 7.84. The van der Waals surface area contributed by atoms with Crippen LogP contribution >= 0.6 is 0 Å². The van der Waals surface area contributed by atoms with Gasteiger partial charge in [-0.2, -0.15) is 13.2 Å². The second-order valence-electron chi connectivity index (χ2n) is 11.4. The molecule has 202 valence electrons. The molecule has 1 spiro atoms. The third-order valence-corrected chi connectivity index (χ3v) is 9.48. The highest BCUT2D eigenvalue weighted by Crippen LogP contribution is 2.66. The van der Waals surface area contributed by atoms with Gasteiger partial charge >= 0.3 is 6.18 Å². The van der Waals surface area contributed by atoms with E-state index in [0.717, 1.165) is 29.8 Å². The Balaban J connectivity index is 1.36. The molecule has 1 saturated heterocycles. The molecule has 0 aromatic heterocycles. The van der Waals surface area contributed by atoms with Crippen LogP contribution in [0.2, 0.25) is 0 Å². The van der Waals surface area contributed by atoms with Crippen molar-refractivity contribution in [2.45, 2.75) is 61.6 Å². The fourth-order valence-corrected chi connectivity index (χ4v) is 7.84. The first kappa shape index (κ1) is 25.2. The van der Waals surface area contributed by atoms with Gasteiger partial charge in [-0.05, 0) is 74.2 Å². The minimum absolute atomic E-state index is 0.0251. The van der Waals surface area contributed by atoms with Gasteiger partial charge in [0.25, 0.3) is 0 Å². The Bertz CT molecular complexity index is 1340. The van der Waals surface area contributed by atoms with Gasteiger partial charge in [0.15, 0.2) is 11.5 Å². The average molecular weight is 529 g/mol. The molecule has 2 aliphatic carbocycles. The number of likely N-dealkylation sites (N-methyl/N-ethyl adjacent to an activating group) is 2. The number of amides is 1. The van der Waals surface area contributed by atoms with E-state index in [1.165, 1.54) is 24.3 Å². The topological polar surface area (TPSA) is 73.2 Å². The van der Waals surface area contributed by atoms with Crippen LogP contribution in [0.5, 0.6) is 11.5 Å². The van der Waals surface area contributed by atoms with Crippen LogP contribution in [0.1, 0.15) is 42.0 Å². The number of ether oxygens (including phenoxy) is 1. The molecule has 2 aromatic carbocycles. The van der Waals surface area contributed by atoms with Gasteiger partial charge in [-0.3, -0.25) is 4.79 Å². The summed E-state index contributed by atoms with van der Waals surface area (Å²) in [5.74, 6) is -0.0862. The van der Waals surface area contributed by atoms with Gasteiger partial charge in [-0.25, -0.2) is 0 Å². The number of phenolic OH excluding ortho intramolecular Hbond substituents is 1. The molecule has 0 radical (unpaired) electrons. The highest BCUT2D eigenvalue weighted by atomic mass is 19.4. The summed E-state index contributed by atoms with van der Waals surface area (Å²) in [5.41, 5.74) is -0.454. The van der Waals surface area contributed by atoms with E-state index in [2.05, 4.69) is 4.90 Å². The second kappa shape index (κ2) is 8.23. The van der Waals surface area contributed by atoms with Crippen molar-refractivity contribution in [1.82, 2.24) is 9.80 Å². The van der Waals surface area contributed by atoms with E-state index < -0.39 is 34.9 Å². The summed E-state index contributed by atoms with van der Waals surface area (Å²) in [4.78, 5) is 17.2. The fourth-order valence-electron chi connectivity index (χ4n) is 7.84. The number of carbonyl (C=O) groups excluding carboxylic acids is 1. The number of carbonyl (C=O) groups is 1. The van der Waals surface area contributed by atoms with E-state index in [0.29, 0.717) is 25.0 Å². The number of halogens is 3. The number of nitrogens with zero attached hydrogens (tertiary/aromatic N) is 2. The number of likely N-dealkylation sites (tertiary alicyclic amines) is 1. The van der Waals surface area contributed by atoms with Crippen LogP contribution in [0.3, 0.4) is 0 Å². The van der Waals surface area contributed by atoms with Crippen LogP contribution < -0.4 is 4.74 Å². The van der Waals surface area contributed by atoms with Gasteiger partial charge < -0.3 is 24.7 Å². The maximum atomic E-state index is 13.4. The van der Waals surface area contributed by atoms with Crippen LogP contribution in [0, 0.1) is 5.92 Å². The first-order valence-corrected chi connectivity index (χ1v) is 13.0. The second-order valence-corrected chi connectivity index (χ2v) is 11.4. The van der Waals surface area contributed by atoms with Crippen molar-refractivity contribution in [2.75, 3.05) is 20.6 Å². The highest BCUT2D eigenvalue weighted by Gasteiger charge is 2.74. The third kappa shape index (κ3) is 3.30. The predicted molar refractivity (Wildman–Crippen MR) is 135 cm³/mol. The quantitative estimate of drug-likeness (QED) is 0.590. The lowest BCUT2D eigenvalue weighted by atomic mass is 9.47. The summed E-state index contributed by atoms with van der Waals surface area (Å²) in [5, 5.41) is 23.2. The zero-order valence-corrected chi connectivity index (χ0v) is 21.5. The number of aliphatic hydroxyl groups is 1. The molecule has 1 saturated carbocycles. The largest absolute Gasteiger partial charge is 0.504 e. The van der Waals surface area contributed by atoms with Gasteiger partial charge in [0.05, 0.1) is 22.6 Å². The molecule has 6 rings (SSSR count). The Hall–Kier alpha value is -3.04. The lowest BCUT2D eigenvalue weighted by molar-refractivity contribution is -0.208. The third-order valence-electron chi connectivity index (χ3n) is 9.48. The molecule has 2 heterocycles. The number of hydrogen-bond donors (Lipinski definition) is 2. The number of hydrogen-bond acceptors (Lipinski definition) is 5. The summed E-state index contributed by atoms with van der Waals surface area (Å²) in [6.45, 7) is 2.74. The molecular weight excluding hydrogens is 497 g/mol. The average Bonchev–Trinajstić information content (AvgIpc) is 3.20. The van der Waals surface area contributed by atoms with Crippen molar-refractivity contribution < 1.29 is 32.9 Å². The zero-order valence-electron chi connectivity index (χ0n) is 21.5. The first-order valence-electron chi connectivity index (χ1n) is 13.0. The molecule has 2 aromatic rings.